The number of pyridine rings is 1. The fourth-order valence-electron chi connectivity index (χ4n) is 4.95. The third-order valence-corrected chi connectivity index (χ3v) is 6.65. The van der Waals surface area contributed by atoms with Crippen molar-refractivity contribution in [2.75, 3.05) is 4.90 Å². The van der Waals surface area contributed by atoms with Crippen LogP contribution in [0.5, 0.6) is 11.5 Å². The molecule has 0 spiro atoms. The molecule has 7 aromatic rings. The summed E-state index contributed by atoms with van der Waals surface area (Å²) in [7, 11) is 1.92. The highest BCUT2D eigenvalue weighted by atomic mass is 16.5. The lowest BCUT2D eigenvalue weighted by molar-refractivity contribution is 0.482. The molecule has 0 aliphatic heterocycles. The molecular weight excluding hydrogens is 484 g/mol. The van der Waals surface area contributed by atoms with Crippen molar-refractivity contribution in [1.82, 2.24) is 14.8 Å². The molecule has 0 fully saturated rings. The lowest BCUT2D eigenvalue weighted by atomic mass is 10.0. The second kappa shape index (κ2) is 9.50. The molecular formula is C33H24N4O2. The molecule has 0 N–H and O–H groups in total. The number of furan rings is 1. The van der Waals surface area contributed by atoms with Gasteiger partial charge < -0.3 is 9.15 Å². The van der Waals surface area contributed by atoms with E-state index >= 15 is 0 Å². The zero-order chi connectivity index (χ0) is 26.2. The average molecular weight is 509 g/mol. The zero-order valence-electron chi connectivity index (χ0n) is 21.2. The van der Waals surface area contributed by atoms with Crippen LogP contribution in [-0.4, -0.2) is 14.8 Å². The third kappa shape index (κ3) is 4.28. The minimum Gasteiger partial charge on any atom is -0.457 e. The molecule has 0 aliphatic carbocycles. The molecule has 0 aliphatic rings. The summed E-state index contributed by atoms with van der Waals surface area (Å²) in [5.41, 5.74) is 5.35. The highest BCUT2D eigenvalue weighted by molar-refractivity contribution is 6.12. The van der Waals surface area contributed by atoms with E-state index in [0.717, 1.165) is 50.4 Å². The molecule has 39 heavy (non-hydrogen) atoms. The van der Waals surface area contributed by atoms with Gasteiger partial charge >= 0.3 is 0 Å². The van der Waals surface area contributed by atoms with E-state index < -0.39 is 0 Å². The Hall–Kier alpha value is -5.36. The molecule has 0 saturated carbocycles. The molecule has 6 nitrogen and oxygen atoms in total. The summed E-state index contributed by atoms with van der Waals surface area (Å²) in [5.74, 6) is 2.19. The SMILES string of the molecule is Cn1ccc(-c2cc(Oc3cccc(N(c4ccccc4)c4ccccn4)c3)cc3oc4ccccc4c23)n1. The number of aryl methyl sites for hydroxylation is 1. The van der Waals surface area contributed by atoms with Crippen molar-refractivity contribution in [2.24, 2.45) is 7.05 Å². The van der Waals surface area contributed by atoms with Crippen molar-refractivity contribution in [3.05, 3.63) is 128 Å². The maximum absolute atomic E-state index is 6.47. The quantitative estimate of drug-likeness (QED) is 0.225. The van der Waals surface area contributed by atoms with Crippen LogP contribution in [-0.2, 0) is 7.05 Å². The Morgan fingerprint density at radius 3 is 2.36 bits per heavy atom. The van der Waals surface area contributed by atoms with Gasteiger partial charge in [-0.25, -0.2) is 4.98 Å². The van der Waals surface area contributed by atoms with Gasteiger partial charge in [-0.2, -0.15) is 5.10 Å². The molecule has 0 radical (unpaired) electrons. The number of fused-ring (bicyclic) bond motifs is 3. The first-order valence-corrected chi connectivity index (χ1v) is 12.7. The third-order valence-electron chi connectivity index (χ3n) is 6.65. The molecule has 7 rings (SSSR count). The minimum atomic E-state index is 0.670. The molecule has 0 bridgehead atoms. The molecule has 0 unspecified atom stereocenters. The van der Waals surface area contributed by atoms with Crippen LogP contribution in [0.3, 0.4) is 0 Å². The summed E-state index contributed by atoms with van der Waals surface area (Å²) in [6.45, 7) is 0. The predicted octanol–water partition coefficient (Wildman–Crippen LogP) is 8.64. The Morgan fingerprint density at radius 2 is 1.54 bits per heavy atom. The van der Waals surface area contributed by atoms with Crippen molar-refractivity contribution in [3.63, 3.8) is 0 Å². The number of benzene rings is 4. The van der Waals surface area contributed by atoms with Crippen molar-refractivity contribution in [3.8, 4) is 22.8 Å². The van der Waals surface area contributed by atoms with Gasteiger partial charge in [-0.15, -0.1) is 0 Å². The van der Waals surface area contributed by atoms with Gasteiger partial charge in [-0.05, 0) is 54.6 Å². The first-order chi connectivity index (χ1) is 19.2. The van der Waals surface area contributed by atoms with E-state index in [-0.39, 0.29) is 0 Å². The van der Waals surface area contributed by atoms with Gasteiger partial charge in [0.2, 0.25) is 0 Å². The number of hydrogen-bond acceptors (Lipinski definition) is 5. The van der Waals surface area contributed by atoms with Crippen LogP contribution >= 0.6 is 0 Å². The molecule has 188 valence electrons. The Labute approximate surface area is 225 Å². The second-order valence-corrected chi connectivity index (χ2v) is 9.28. The largest absolute Gasteiger partial charge is 0.457 e. The van der Waals surface area contributed by atoms with Crippen molar-refractivity contribution in [1.29, 1.82) is 0 Å². The number of para-hydroxylation sites is 2. The summed E-state index contributed by atoms with van der Waals surface area (Å²) in [6, 6.07) is 38.1. The van der Waals surface area contributed by atoms with Crippen molar-refractivity contribution in [2.45, 2.75) is 0 Å². The Kier molecular flexibility index (Phi) is 5.56. The number of nitrogens with zero attached hydrogens (tertiary/aromatic N) is 4. The number of hydrogen-bond donors (Lipinski definition) is 0. The summed E-state index contributed by atoms with van der Waals surface area (Å²) in [6.07, 6.45) is 3.74. The van der Waals surface area contributed by atoms with Crippen LogP contribution < -0.4 is 9.64 Å². The molecule has 6 heteroatoms. The van der Waals surface area contributed by atoms with E-state index in [2.05, 4.69) is 39.2 Å². The normalized spacial score (nSPS) is 11.2. The lowest BCUT2D eigenvalue weighted by Crippen LogP contribution is -2.11. The first kappa shape index (κ1) is 22.8. The van der Waals surface area contributed by atoms with Crippen molar-refractivity contribution >= 4 is 39.1 Å². The molecule has 3 heterocycles. The van der Waals surface area contributed by atoms with E-state index in [1.54, 1.807) is 10.9 Å². The predicted molar refractivity (Wildman–Crippen MR) is 155 cm³/mol. The lowest BCUT2D eigenvalue weighted by Gasteiger charge is -2.24. The van der Waals surface area contributed by atoms with Crippen LogP contribution in [0.4, 0.5) is 17.2 Å². The highest BCUT2D eigenvalue weighted by Crippen LogP contribution is 2.41. The molecule has 4 aromatic carbocycles. The smallest absolute Gasteiger partial charge is 0.139 e. The highest BCUT2D eigenvalue weighted by Gasteiger charge is 2.18. The maximum atomic E-state index is 6.47. The fourth-order valence-corrected chi connectivity index (χ4v) is 4.95. The van der Waals surface area contributed by atoms with E-state index in [9.17, 15) is 0 Å². The van der Waals surface area contributed by atoms with Crippen LogP contribution in [0, 0.1) is 0 Å². The van der Waals surface area contributed by atoms with Crippen molar-refractivity contribution < 1.29 is 9.15 Å². The van der Waals surface area contributed by atoms with Crippen LogP contribution in [0.15, 0.2) is 132 Å². The summed E-state index contributed by atoms with van der Waals surface area (Å²) >= 11 is 0. The Balaban J connectivity index is 1.33. The number of anilines is 3. The number of ether oxygens (including phenoxy) is 1. The maximum Gasteiger partial charge on any atom is 0.139 e. The fraction of sp³-hybridized carbons (Fsp3) is 0.0303. The van der Waals surface area contributed by atoms with Gasteiger partial charge in [-0.1, -0.05) is 48.5 Å². The topological polar surface area (TPSA) is 56.3 Å². The first-order valence-electron chi connectivity index (χ1n) is 12.7. The van der Waals surface area contributed by atoms with E-state index in [4.69, 9.17) is 9.15 Å². The molecule has 0 saturated heterocycles. The standard InChI is InChI=1S/C33H24N4O2/c1-36-19-17-29(35-36)28-21-26(22-31-33(28)27-14-5-6-15-30(27)39-31)38-25-13-9-12-24(20-25)37(23-10-3-2-4-11-23)32-16-7-8-18-34-32/h2-22H,1H3. The van der Waals surface area contributed by atoms with Crippen LogP contribution in [0.2, 0.25) is 0 Å². The average Bonchev–Trinajstić information content (AvgIpc) is 3.57. The van der Waals surface area contributed by atoms with Gasteiger partial charge in [0.15, 0.2) is 0 Å². The van der Waals surface area contributed by atoms with Gasteiger partial charge in [0.05, 0.1) is 11.4 Å². The zero-order valence-corrected chi connectivity index (χ0v) is 21.2. The van der Waals surface area contributed by atoms with Gasteiger partial charge in [0, 0.05) is 53.6 Å². The Bertz CT molecular complexity index is 1870. The molecule has 0 atom stereocenters. The Morgan fingerprint density at radius 1 is 0.718 bits per heavy atom. The minimum absolute atomic E-state index is 0.670. The van der Waals surface area contributed by atoms with Crippen LogP contribution in [0.25, 0.3) is 33.2 Å². The summed E-state index contributed by atoms with van der Waals surface area (Å²) in [4.78, 5) is 6.72. The van der Waals surface area contributed by atoms with Crippen LogP contribution in [0.1, 0.15) is 0 Å². The second-order valence-electron chi connectivity index (χ2n) is 9.28. The van der Waals surface area contributed by atoms with E-state index in [1.807, 2.05) is 104 Å². The van der Waals surface area contributed by atoms with Gasteiger partial charge in [0.1, 0.15) is 28.5 Å². The number of rotatable bonds is 6. The van der Waals surface area contributed by atoms with Gasteiger partial charge in [0.25, 0.3) is 0 Å². The summed E-state index contributed by atoms with van der Waals surface area (Å²) in [5, 5.41) is 6.75. The number of aromatic nitrogens is 3. The summed E-state index contributed by atoms with van der Waals surface area (Å²) < 4.78 is 14.5. The van der Waals surface area contributed by atoms with E-state index in [0.29, 0.717) is 11.5 Å². The van der Waals surface area contributed by atoms with E-state index in [1.165, 1.54) is 0 Å². The van der Waals surface area contributed by atoms with Gasteiger partial charge in [-0.3, -0.25) is 9.58 Å². The monoisotopic (exact) mass is 508 g/mol. The molecule has 0 amide bonds. The molecule has 3 aromatic heterocycles.